The van der Waals surface area contributed by atoms with Crippen LogP contribution in [0.5, 0.6) is 11.5 Å². The molecule has 1 N–H and O–H groups in total. The first kappa shape index (κ1) is 27.0. The number of nitrogens with zero attached hydrogens (tertiary/aromatic N) is 5. The predicted octanol–water partition coefficient (Wildman–Crippen LogP) is 3.66. The molecule has 0 aliphatic heterocycles. The molecule has 0 saturated carbocycles. The summed E-state index contributed by atoms with van der Waals surface area (Å²) in [4.78, 5) is 7.01. The fourth-order valence-corrected chi connectivity index (χ4v) is 3.13. The maximum atomic E-state index is 5.48. The summed E-state index contributed by atoms with van der Waals surface area (Å²) in [5.74, 6) is 3.34. The summed E-state index contributed by atoms with van der Waals surface area (Å²) in [6, 6.07) is 4.38. The van der Waals surface area contributed by atoms with Crippen molar-refractivity contribution in [3.05, 3.63) is 35.4 Å². The van der Waals surface area contributed by atoms with Gasteiger partial charge in [-0.05, 0) is 43.5 Å². The minimum absolute atomic E-state index is 0. The summed E-state index contributed by atoms with van der Waals surface area (Å²) in [6.45, 7) is 10.6. The lowest BCUT2D eigenvalue weighted by atomic mass is 10.1. The highest BCUT2D eigenvalue weighted by Crippen LogP contribution is 2.30. The molecule has 1 unspecified atom stereocenters. The lowest BCUT2D eigenvalue weighted by Crippen LogP contribution is -2.43. The van der Waals surface area contributed by atoms with Crippen LogP contribution < -0.4 is 14.8 Å². The van der Waals surface area contributed by atoms with E-state index in [0.29, 0.717) is 19.1 Å². The number of nitrogens with one attached hydrogen (secondary N) is 1. The second-order valence-corrected chi connectivity index (χ2v) is 7.44. The molecule has 0 fully saturated rings. The lowest BCUT2D eigenvalue weighted by Gasteiger charge is -2.26. The Labute approximate surface area is 203 Å². The topological polar surface area (TPSA) is 76.8 Å². The molecule has 0 amide bonds. The number of hydrogen-bond acceptors (Lipinski definition) is 5. The molecule has 0 radical (unpaired) electrons. The smallest absolute Gasteiger partial charge is 0.194 e. The summed E-state index contributed by atoms with van der Waals surface area (Å²) in [7, 11) is 5.37. The lowest BCUT2D eigenvalue weighted by molar-refractivity contribution is 0.353. The van der Waals surface area contributed by atoms with Crippen LogP contribution in [0.4, 0.5) is 0 Å². The third-order valence-electron chi connectivity index (χ3n) is 5.21. The first-order valence-corrected chi connectivity index (χ1v) is 10.5. The van der Waals surface area contributed by atoms with Gasteiger partial charge in [0.2, 0.25) is 0 Å². The van der Waals surface area contributed by atoms with Crippen molar-refractivity contribution in [3.8, 4) is 11.5 Å². The SMILES string of the molecule is CCc1nncn1CCN=C(NC(C)CC)N(C)Cc1cc(OC)c(OC)cc1C.I. The standard InChI is InChI=1S/C22H36N6O2.HI/c1-8-17(4)25-22(23-10-11-28-15-24-26-21(28)9-2)27(5)14-18-13-20(30-7)19(29-6)12-16(18)3;/h12-13,15,17H,8-11,14H2,1-7H3,(H,23,25);1H. The molecule has 0 saturated heterocycles. The second kappa shape index (κ2) is 13.4. The van der Waals surface area contributed by atoms with Gasteiger partial charge in [0.25, 0.3) is 0 Å². The van der Waals surface area contributed by atoms with Crippen LogP contribution in [0.2, 0.25) is 0 Å². The summed E-state index contributed by atoms with van der Waals surface area (Å²) in [6.07, 6.45) is 3.65. The second-order valence-electron chi connectivity index (χ2n) is 7.44. The van der Waals surface area contributed by atoms with Crippen LogP contribution in [0.25, 0.3) is 0 Å². The maximum absolute atomic E-state index is 5.48. The van der Waals surface area contributed by atoms with Gasteiger partial charge in [-0.15, -0.1) is 34.2 Å². The molecule has 2 rings (SSSR count). The van der Waals surface area contributed by atoms with E-state index >= 15 is 0 Å². The van der Waals surface area contributed by atoms with Crippen molar-refractivity contribution in [2.24, 2.45) is 4.99 Å². The van der Waals surface area contributed by atoms with Gasteiger partial charge in [-0.2, -0.15) is 0 Å². The zero-order valence-electron chi connectivity index (χ0n) is 19.8. The molecule has 1 aromatic carbocycles. The van der Waals surface area contributed by atoms with Gasteiger partial charge in [-0.25, -0.2) is 0 Å². The Morgan fingerprint density at radius 3 is 2.52 bits per heavy atom. The van der Waals surface area contributed by atoms with Crippen molar-refractivity contribution in [2.45, 2.75) is 59.7 Å². The van der Waals surface area contributed by atoms with E-state index in [4.69, 9.17) is 14.5 Å². The van der Waals surface area contributed by atoms with Gasteiger partial charge in [-0.3, -0.25) is 4.99 Å². The third-order valence-corrected chi connectivity index (χ3v) is 5.21. The number of guanidine groups is 1. The maximum Gasteiger partial charge on any atom is 0.194 e. The number of hydrogen-bond donors (Lipinski definition) is 1. The first-order chi connectivity index (χ1) is 14.4. The fourth-order valence-electron chi connectivity index (χ4n) is 3.13. The number of methoxy groups -OCH3 is 2. The summed E-state index contributed by atoms with van der Waals surface area (Å²) < 4.78 is 13.0. The quantitative estimate of drug-likeness (QED) is 0.280. The molecular weight excluding hydrogens is 507 g/mol. The summed E-state index contributed by atoms with van der Waals surface area (Å²) in [5.41, 5.74) is 2.32. The largest absolute Gasteiger partial charge is 0.493 e. The first-order valence-electron chi connectivity index (χ1n) is 10.5. The van der Waals surface area contributed by atoms with Gasteiger partial charge in [0, 0.05) is 32.6 Å². The van der Waals surface area contributed by atoms with Crippen molar-refractivity contribution < 1.29 is 9.47 Å². The fraction of sp³-hybridized carbons (Fsp3) is 0.591. The minimum atomic E-state index is 0. The Hall–Kier alpha value is -2.04. The average Bonchev–Trinajstić information content (AvgIpc) is 3.21. The predicted molar refractivity (Wildman–Crippen MR) is 136 cm³/mol. The highest BCUT2D eigenvalue weighted by atomic mass is 127. The molecule has 174 valence electrons. The van der Waals surface area contributed by atoms with Gasteiger partial charge in [0.05, 0.1) is 20.8 Å². The van der Waals surface area contributed by atoms with Crippen LogP contribution in [-0.2, 0) is 19.5 Å². The van der Waals surface area contributed by atoms with Gasteiger partial charge in [0.15, 0.2) is 17.5 Å². The van der Waals surface area contributed by atoms with E-state index in [2.05, 4.69) is 59.7 Å². The minimum Gasteiger partial charge on any atom is -0.493 e. The van der Waals surface area contributed by atoms with E-state index in [0.717, 1.165) is 48.2 Å². The number of aliphatic imine (C=N–C) groups is 1. The molecule has 0 aliphatic carbocycles. The monoisotopic (exact) mass is 544 g/mol. The Bertz CT molecular complexity index is 839. The van der Waals surface area contributed by atoms with Crippen LogP contribution >= 0.6 is 24.0 Å². The molecule has 1 aromatic heterocycles. The van der Waals surface area contributed by atoms with Crippen molar-refractivity contribution in [1.29, 1.82) is 0 Å². The highest BCUT2D eigenvalue weighted by Gasteiger charge is 2.14. The molecule has 9 heteroatoms. The molecule has 31 heavy (non-hydrogen) atoms. The van der Waals surface area contributed by atoms with E-state index in [1.165, 1.54) is 5.56 Å². The number of aryl methyl sites for hydroxylation is 2. The van der Waals surface area contributed by atoms with Gasteiger partial charge in [-0.1, -0.05) is 13.8 Å². The van der Waals surface area contributed by atoms with E-state index < -0.39 is 0 Å². The van der Waals surface area contributed by atoms with E-state index in [1.807, 2.05) is 12.1 Å². The molecule has 1 heterocycles. The van der Waals surface area contributed by atoms with Crippen molar-refractivity contribution in [1.82, 2.24) is 25.0 Å². The summed E-state index contributed by atoms with van der Waals surface area (Å²) >= 11 is 0. The van der Waals surface area contributed by atoms with Crippen LogP contribution in [0.15, 0.2) is 23.5 Å². The highest BCUT2D eigenvalue weighted by molar-refractivity contribution is 14.0. The third kappa shape index (κ3) is 7.55. The number of ether oxygens (including phenoxy) is 2. The zero-order chi connectivity index (χ0) is 22.1. The average molecular weight is 544 g/mol. The van der Waals surface area contributed by atoms with Crippen LogP contribution in [0.1, 0.15) is 44.1 Å². The Morgan fingerprint density at radius 1 is 1.23 bits per heavy atom. The van der Waals surface area contributed by atoms with E-state index in [-0.39, 0.29) is 24.0 Å². The van der Waals surface area contributed by atoms with Crippen molar-refractivity contribution in [2.75, 3.05) is 27.8 Å². The zero-order valence-corrected chi connectivity index (χ0v) is 22.1. The number of halogens is 1. The Kier molecular flexibility index (Phi) is 11.7. The molecule has 0 bridgehead atoms. The Balaban J connectivity index is 0.00000480. The van der Waals surface area contributed by atoms with Gasteiger partial charge < -0.3 is 24.3 Å². The van der Waals surface area contributed by atoms with E-state index in [9.17, 15) is 0 Å². The number of benzene rings is 1. The van der Waals surface area contributed by atoms with Gasteiger partial charge >= 0.3 is 0 Å². The van der Waals surface area contributed by atoms with Crippen LogP contribution in [0.3, 0.4) is 0 Å². The summed E-state index contributed by atoms with van der Waals surface area (Å²) in [5, 5.41) is 11.7. The van der Waals surface area contributed by atoms with Crippen molar-refractivity contribution >= 4 is 29.9 Å². The molecule has 8 nitrogen and oxygen atoms in total. The van der Waals surface area contributed by atoms with Crippen LogP contribution in [-0.4, -0.2) is 59.5 Å². The van der Waals surface area contributed by atoms with Crippen LogP contribution in [0, 0.1) is 6.92 Å². The molecular formula is C22H37IN6O2. The number of rotatable bonds is 10. The van der Waals surface area contributed by atoms with Crippen molar-refractivity contribution in [3.63, 3.8) is 0 Å². The normalized spacial score (nSPS) is 12.2. The molecule has 1 atom stereocenters. The molecule has 0 aliphatic rings. The molecule has 0 spiro atoms. The van der Waals surface area contributed by atoms with Gasteiger partial charge in [0.1, 0.15) is 12.2 Å². The Morgan fingerprint density at radius 2 is 1.90 bits per heavy atom. The number of aromatic nitrogens is 3. The van der Waals surface area contributed by atoms with E-state index in [1.54, 1.807) is 20.5 Å². The molecule has 2 aromatic rings.